The van der Waals surface area contributed by atoms with Gasteiger partial charge in [0.25, 0.3) is 5.69 Å². The molecule has 0 atom stereocenters. The van der Waals surface area contributed by atoms with Crippen molar-refractivity contribution >= 4 is 40.7 Å². The quantitative estimate of drug-likeness (QED) is 0.385. The maximum atomic E-state index is 12.6. The summed E-state index contributed by atoms with van der Waals surface area (Å²) in [6, 6.07) is 11.5. The van der Waals surface area contributed by atoms with Crippen LogP contribution >= 0.6 is 11.6 Å². The van der Waals surface area contributed by atoms with Gasteiger partial charge >= 0.3 is 6.03 Å². The molecule has 2 heterocycles. The number of rotatable bonds is 6. The van der Waals surface area contributed by atoms with Crippen molar-refractivity contribution in [3.63, 3.8) is 0 Å². The molecule has 9 nitrogen and oxygen atoms in total. The zero-order valence-electron chi connectivity index (χ0n) is 17.8. The van der Waals surface area contributed by atoms with E-state index in [0.717, 1.165) is 17.3 Å². The summed E-state index contributed by atoms with van der Waals surface area (Å²) in [6.45, 7) is 1.56. The lowest BCUT2D eigenvalue weighted by Crippen LogP contribution is -2.51. The van der Waals surface area contributed by atoms with Gasteiger partial charge in [0.15, 0.2) is 5.78 Å². The highest BCUT2D eigenvalue weighted by Crippen LogP contribution is 2.28. The highest BCUT2D eigenvalue weighted by Gasteiger charge is 2.32. The van der Waals surface area contributed by atoms with Gasteiger partial charge in [-0.05, 0) is 36.6 Å². The third kappa shape index (κ3) is 4.98. The summed E-state index contributed by atoms with van der Waals surface area (Å²) < 4.78 is 0. The number of amides is 3. The number of hydrogen-bond acceptors (Lipinski definition) is 5. The standard InChI is InChI=1S/C23H23ClN4O5/c24-18-6-5-15(13-20(18)28(32)33)21(29)7-8-22(30)26-11-9-17(10-12-26)27-14-16-3-1-2-4-19(16)25-23(27)31/h1-6,13,17H,7-12,14H2,(H,25,31). The molecule has 1 N–H and O–H groups in total. The average molecular weight is 471 g/mol. The van der Waals surface area contributed by atoms with Crippen molar-refractivity contribution in [1.29, 1.82) is 0 Å². The van der Waals surface area contributed by atoms with Crippen molar-refractivity contribution in [3.8, 4) is 0 Å². The van der Waals surface area contributed by atoms with Crippen LogP contribution in [0.3, 0.4) is 0 Å². The first-order chi connectivity index (χ1) is 15.8. The molecular formula is C23H23ClN4O5. The van der Waals surface area contributed by atoms with Crippen molar-refractivity contribution in [1.82, 2.24) is 9.80 Å². The molecule has 10 heteroatoms. The van der Waals surface area contributed by atoms with Gasteiger partial charge in [-0.25, -0.2) is 4.79 Å². The summed E-state index contributed by atoms with van der Waals surface area (Å²) in [5, 5.41) is 13.9. The third-order valence-electron chi connectivity index (χ3n) is 6.15. The number of nitro groups is 1. The fraction of sp³-hybridized carbons (Fsp3) is 0.348. The van der Waals surface area contributed by atoms with Crippen LogP contribution in [0, 0.1) is 10.1 Å². The second-order valence-corrected chi connectivity index (χ2v) is 8.58. The molecule has 3 amide bonds. The molecule has 0 aliphatic carbocycles. The number of urea groups is 1. The maximum absolute atomic E-state index is 12.6. The lowest BCUT2D eigenvalue weighted by Gasteiger charge is -2.40. The Hall–Kier alpha value is -3.46. The van der Waals surface area contributed by atoms with Crippen LogP contribution in [0.2, 0.25) is 5.02 Å². The molecule has 0 unspecified atom stereocenters. The van der Waals surface area contributed by atoms with Gasteiger partial charge in [-0.2, -0.15) is 0 Å². The maximum Gasteiger partial charge on any atom is 0.322 e. The molecule has 1 saturated heterocycles. The van der Waals surface area contributed by atoms with Crippen LogP contribution in [-0.2, 0) is 11.3 Å². The second-order valence-electron chi connectivity index (χ2n) is 8.17. The van der Waals surface area contributed by atoms with E-state index in [1.54, 1.807) is 4.90 Å². The first-order valence-corrected chi connectivity index (χ1v) is 11.1. The predicted molar refractivity (Wildman–Crippen MR) is 122 cm³/mol. The first-order valence-electron chi connectivity index (χ1n) is 10.7. The number of benzene rings is 2. The molecule has 33 heavy (non-hydrogen) atoms. The fourth-order valence-electron chi connectivity index (χ4n) is 4.29. The van der Waals surface area contributed by atoms with E-state index in [1.165, 1.54) is 12.1 Å². The van der Waals surface area contributed by atoms with E-state index in [-0.39, 0.29) is 52.9 Å². The number of piperidine rings is 1. The van der Waals surface area contributed by atoms with Gasteiger partial charge in [0.2, 0.25) is 5.91 Å². The molecule has 0 saturated carbocycles. The van der Waals surface area contributed by atoms with Crippen molar-refractivity contribution in [3.05, 3.63) is 68.7 Å². The van der Waals surface area contributed by atoms with E-state index in [1.807, 2.05) is 29.2 Å². The number of anilines is 1. The molecule has 172 valence electrons. The predicted octanol–water partition coefficient (Wildman–Crippen LogP) is 4.25. The number of nitro benzene ring substituents is 1. The minimum Gasteiger partial charge on any atom is -0.343 e. The fourth-order valence-corrected chi connectivity index (χ4v) is 4.48. The Morgan fingerprint density at radius 2 is 1.85 bits per heavy atom. The van der Waals surface area contributed by atoms with E-state index in [2.05, 4.69) is 5.32 Å². The Kier molecular flexibility index (Phi) is 6.60. The van der Waals surface area contributed by atoms with Gasteiger partial charge < -0.3 is 15.1 Å². The summed E-state index contributed by atoms with van der Waals surface area (Å²) in [7, 11) is 0. The molecule has 2 aliphatic heterocycles. The molecular weight excluding hydrogens is 448 g/mol. The van der Waals surface area contributed by atoms with Gasteiger partial charge in [-0.1, -0.05) is 29.8 Å². The highest BCUT2D eigenvalue weighted by atomic mass is 35.5. The van der Waals surface area contributed by atoms with E-state index in [0.29, 0.717) is 32.5 Å². The molecule has 0 bridgehead atoms. The largest absolute Gasteiger partial charge is 0.343 e. The molecule has 2 aromatic carbocycles. The number of halogens is 1. The molecule has 2 aromatic rings. The number of ketones is 1. The number of para-hydroxylation sites is 1. The Balaban J connectivity index is 1.28. The zero-order chi connectivity index (χ0) is 23.5. The molecule has 0 spiro atoms. The summed E-state index contributed by atoms with van der Waals surface area (Å²) >= 11 is 5.78. The molecule has 4 rings (SSSR count). The summed E-state index contributed by atoms with van der Waals surface area (Å²) in [5.41, 5.74) is 1.73. The van der Waals surface area contributed by atoms with Crippen LogP contribution in [0.15, 0.2) is 42.5 Å². The summed E-state index contributed by atoms with van der Waals surface area (Å²) in [6.07, 6.45) is 1.32. The number of nitrogens with zero attached hydrogens (tertiary/aromatic N) is 3. The number of carbonyl (C=O) groups excluding carboxylic acids is 3. The monoisotopic (exact) mass is 470 g/mol. The number of Topliss-reactive ketones (excluding diaryl/α,β-unsaturated/α-hetero) is 1. The Bertz CT molecular complexity index is 1110. The van der Waals surface area contributed by atoms with Crippen molar-refractivity contribution in [2.24, 2.45) is 0 Å². The number of carbonyl (C=O) groups is 3. The van der Waals surface area contributed by atoms with Crippen LogP contribution in [0.1, 0.15) is 41.6 Å². The SMILES string of the molecule is O=C(CCC(=O)N1CCC(N2Cc3ccccc3NC2=O)CC1)c1ccc(Cl)c([N+](=O)[O-])c1. The van der Waals surface area contributed by atoms with E-state index >= 15 is 0 Å². The Labute approximate surface area is 195 Å². The van der Waals surface area contributed by atoms with Crippen LogP contribution in [0.5, 0.6) is 0 Å². The van der Waals surface area contributed by atoms with E-state index < -0.39 is 4.92 Å². The van der Waals surface area contributed by atoms with Crippen molar-refractivity contribution in [2.75, 3.05) is 18.4 Å². The van der Waals surface area contributed by atoms with Crippen LogP contribution in [0.25, 0.3) is 0 Å². The highest BCUT2D eigenvalue weighted by molar-refractivity contribution is 6.32. The van der Waals surface area contributed by atoms with Gasteiger partial charge in [0.1, 0.15) is 5.02 Å². The lowest BCUT2D eigenvalue weighted by atomic mass is 10.00. The van der Waals surface area contributed by atoms with Gasteiger partial charge in [0, 0.05) is 55.8 Å². The third-order valence-corrected chi connectivity index (χ3v) is 6.47. The summed E-state index contributed by atoms with van der Waals surface area (Å²) in [5.74, 6) is -0.486. The minimum absolute atomic E-state index is 0.0253. The normalized spacial score (nSPS) is 16.2. The topological polar surface area (TPSA) is 113 Å². The van der Waals surface area contributed by atoms with Crippen LogP contribution < -0.4 is 5.32 Å². The smallest absolute Gasteiger partial charge is 0.322 e. The van der Waals surface area contributed by atoms with Crippen molar-refractivity contribution < 1.29 is 19.3 Å². The van der Waals surface area contributed by atoms with Gasteiger partial charge in [-0.15, -0.1) is 0 Å². The zero-order valence-corrected chi connectivity index (χ0v) is 18.6. The van der Waals surface area contributed by atoms with Crippen LogP contribution in [-0.4, -0.2) is 51.6 Å². The lowest BCUT2D eigenvalue weighted by molar-refractivity contribution is -0.384. The van der Waals surface area contributed by atoms with Crippen molar-refractivity contribution in [2.45, 2.75) is 38.3 Å². The van der Waals surface area contributed by atoms with E-state index in [4.69, 9.17) is 11.6 Å². The number of likely N-dealkylation sites (tertiary alicyclic amines) is 1. The minimum atomic E-state index is -0.643. The Morgan fingerprint density at radius 1 is 1.12 bits per heavy atom. The average Bonchev–Trinajstić information content (AvgIpc) is 2.82. The molecule has 0 radical (unpaired) electrons. The number of fused-ring (bicyclic) bond motifs is 1. The molecule has 2 aliphatic rings. The number of nitrogens with one attached hydrogen (secondary N) is 1. The van der Waals surface area contributed by atoms with Gasteiger partial charge in [-0.3, -0.25) is 19.7 Å². The second kappa shape index (κ2) is 9.58. The van der Waals surface area contributed by atoms with Gasteiger partial charge in [0.05, 0.1) is 4.92 Å². The first kappa shape index (κ1) is 22.7. The van der Waals surface area contributed by atoms with Crippen LogP contribution in [0.4, 0.5) is 16.2 Å². The summed E-state index contributed by atoms with van der Waals surface area (Å²) in [4.78, 5) is 51.5. The molecule has 0 aromatic heterocycles. The molecule has 1 fully saturated rings. The van der Waals surface area contributed by atoms with E-state index in [9.17, 15) is 24.5 Å². The Morgan fingerprint density at radius 3 is 2.58 bits per heavy atom. The number of hydrogen-bond donors (Lipinski definition) is 1.